The molecule has 0 spiro atoms. The third kappa shape index (κ3) is 3.83. The monoisotopic (exact) mass is 332 g/mol. The van der Waals surface area contributed by atoms with Crippen LogP contribution in [-0.4, -0.2) is 48.4 Å². The fraction of sp³-hybridized carbons (Fsp3) is 0.632. The van der Waals surface area contributed by atoms with Crippen LogP contribution in [0.5, 0.6) is 5.75 Å². The fourth-order valence-electron chi connectivity index (χ4n) is 3.95. The van der Waals surface area contributed by atoms with Crippen LogP contribution in [0.25, 0.3) is 0 Å². The molecule has 0 aromatic heterocycles. The first-order valence-electron chi connectivity index (χ1n) is 8.90. The van der Waals surface area contributed by atoms with E-state index in [2.05, 4.69) is 17.4 Å². The first-order chi connectivity index (χ1) is 11.5. The van der Waals surface area contributed by atoms with Gasteiger partial charge in [0.2, 0.25) is 0 Å². The van der Waals surface area contributed by atoms with E-state index in [1.54, 1.807) is 18.9 Å². The minimum absolute atomic E-state index is 0.0596. The number of methoxy groups -OCH3 is 1. The second-order valence-corrected chi connectivity index (χ2v) is 7.36. The predicted octanol–water partition coefficient (Wildman–Crippen LogP) is 2.67. The van der Waals surface area contributed by atoms with Crippen LogP contribution < -0.4 is 10.1 Å². The molecule has 3 rings (SSSR count). The topological polar surface area (TPSA) is 61.8 Å². The number of aryl methyl sites for hydroxylation is 1. The summed E-state index contributed by atoms with van der Waals surface area (Å²) in [6, 6.07) is 6.19. The van der Waals surface area contributed by atoms with Crippen molar-refractivity contribution in [1.29, 1.82) is 0 Å². The number of β-amino-alcohol motifs (C(OH)–C–C–N with tert-alkyl or cyclic N) is 1. The highest BCUT2D eigenvalue weighted by molar-refractivity contribution is 5.74. The van der Waals surface area contributed by atoms with Crippen molar-refractivity contribution in [2.45, 2.75) is 50.5 Å². The Hall–Kier alpha value is -1.75. The van der Waals surface area contributed by atoms with Crippen molar-refractivity contribution < 1.29 is 14.6 Å². The Kier molecular flexibility index (Phi) is 4.99. The number of benzene rings is 1. The summed E-state index contributed by atoms with van der Waals surface area (Å²) in [4.78, 5) is 14.2. The molecule has 1 heterocycles. The van der Waals surface area contributed by atoms with Gasteiger partial charge < -0.3 is 20.1 Å². The maximum Gasteiger partial charge on any atom is 0.317 e. The van der Waals surface area contributed by atoms with Crippen LogP contribution in [0.3, 0.4) is 0 Å². The van der Waals surface area contributed by atoms with Gasteiger partial charge in [-0.05, 0) is 62.3 Å². The normalized spacial score (nSPS) is 26.6. The Morgan fingerprint density at radius 3 is 3.04 bits per heavy atom. The van der Waals surface area contributed by atoms with Crippen LogP contribution in [0.4, 0.5) is 4.79 Å². The smallest absolute Gasteiger partial charge is 0.317 e. The maximum absolute atomic E-state index is 12.4. The van der Waals surface area contributed by atoms with Crippen molar-refractivity contribution in [1.82, 2.24) is 10.2 Å². The van der Waals surface area contributed by atoms with E-state index in [1.165, 1.54) is 11.1 Å². The Labute approximate surface area is 144 Å². The zero-order chi connectivity index (χ0) is 17.2. The molecule has 2 N–H and O–H groups in total. The highest BCUT2D eigenvalue weighted by atomic mass is 16.5. The standard InChI is InChI=1S/C19H28N2O3/c1-19(23)9-4-10-21(13-19)18(22)20-12-15-6-3-5-14-11-16(24-2)7-8-17(14)15/h7-8,11,15,23H,3-6,9-10,12-13H2,1-2H3,(H,20,22)/t15-,19+/m1/s1. The molecule has 0 bridgehead atoms. The molecule has 2 aliphatic rings. The van der Waals surface area contributed by atoms with Crippen LogP contribution in [0.2, 0.25) is 0 Å². The molecule has 1 saturated heterocycles. The van der Waals surface area contributed by atoms with E-state index in [0.717, 1.165) is 44.4 Å². The summed E-state index contributed by atoms with van der Waals surface area (Å²) >= 11 is 0. The largest absolute Gasteiger partial charge is 0.497 e. The number of nitrogens with zero attached hydrogens (tertiary/aromatic N) is 1. The Balaban J connectivity index is 1.60. The Morgan fingerprint density at radius 2 is 2.29 bits per heavy atom. The van der Waals surface area contributed by atoms with Crippen LogP contribution in [0, 0.1) is 0 Å². The molecule has 132 valence electrons. The van der Waals surface area contributed by atoms with Gasteiger partial charge in [-0.1, -0.05) is 6.07 Å². The molecular formula is C19H28N2O3. The van der Waals surface area contributed by atoms with Gasteiger partial charge in [0.15, 0.2) is 0 Å². The lowest BCUT2D eigenvalue weighted by Crippen LogP contribution is -2.52. The summed E-state index contributed by atoms with van der Waals surface area (Å²) in [5.41, 5.74) is 1.90. The number of piperidine rings is 1. The summed E-state index contributed by atoms with van der Waals surface area (Å²) in [7, 11) is 1.69. The van der Waals surface area contributed by atoms with E-state index >= 15 is 0 Å². The molecule has 2 atom stereocenters. The third-order valence-electron chi connectivity index (χ3n) is 5.25. The van der Waals surface area contributed by atoms with E-state index in [-0.39, 0.29) is 6.03 Å². The van der Waals surface area contributed by atoms with Crippen LogP contribution >= 0.6 is 0 Å². The van der Waals surface area contributed by atoms with Crippen LogP contribution in [0.1, 0.15) is 49.7 Å². The van der Waals surface area contributed by atoms with Gasteiger partial charge in [-0.25, -0.2) is 4.79 Å². The zero-order valence-corrected chi connectivity index (χ0v) is 14.7. The van der Waals surface area contributed by atoms with Gasteiger partial charge in [0.25, 0.3) is 0 Å². The third-order valence-corrected chi connectivity index (χ3v) is 5.25. The Morgan fingerprint density at radius 1 is 1.46 bits per heavy atom. The van der Waals surface area contributed by atoms with Crippen molar-refractivity contribution >= 4 is 6.03 Å². The van der Waals surface area contributed by atoms with Crippen molar-refractivity contribution in [3.05, 3.63) is 29.3 Å². The quantitative estimate of drug-likeness (QED) is 0.894. The lowest BCUT2D eigenvalue weighted by molar-refractivity contribution is -0.00251. The van der Waals surface area contributed by atoms with Gasteiger partial charge in [0.05, 0.1) is 19.3 Å². The predicted molar refractivity (Wildman–Crippen MR) is 93.5 cm³/mol. The van der Waals surface area contributed by atoms with Gasteiger partial charge in [0, 0.05) is 19.0 Å². The van der Waals surface area contributed by atoms with Crippen molar-refractivity contribution in [2.24, 2.45) is 0 Å². The van der Waals surface area contributed by atoms with Crippen molar-refractivity contribution in [3.63, 3.8) is 0 Å². The molecule has 0 saturated carbocycles. The first-order valence-corrected chi connectivity index (χ1v) is 8.90. The van der Waals surface area contributed by atoms with E-state index < -0.39 is 5.60 Å². The fourth-order valence-corrected chi connectivity index (χ4v) is 3.95. The number of likely N-dealkylation sites (tertiary alicyclic amines) is 1. The lowest BCUT2D eigenvalue weighted by Gasteiger charge is -2.37. The van der Waals surface area contributed by atoms with Gasteiger partial charge in [-0.2, -0.15) is 0 Å². The summed E-state index contributed by atoms with van der Waals surface area (Å²) in [5.74, 6) is 1.25. The van der Waals surface area contributed by atoms with E-state index in [4.69, 9.17) is 4.74 Å². The number of urea groups is 1. The summed E-state index contributed by atoms with van der Waals surface area (Å²) < 4.78 is 5.31. The summed E-state index contributed by atoms with van der Waals surface area (Å²) in [5, 5.41) is 13.2. The second-order valence-electron chi connectivity index (χ2n) is 7.36. The number of hydrogen-bond donors (Lipinski definition) is 2. The van der Waals surface area contributed by atoms with Crippen molar-refractivity contribution in [2.75, 3.05) is 26.7 Å². The summed E-state index contributed by atoms with van der Waals surface area (Å²) in [6.07, 6.45) is 4.92. The second kappa shape index (κ2) is 7.01. The van der Waals surface area contributed by atoms with E-state index in [1.807, 2.05) is 6.07 Å². The number of amides is 2. The first kappa shape index (κ1) is 17.1. The molecular weight excluding hydrogens is 304 g/mol. The van der Waals surface area contributed by atoms with Gasteiger partial charge in [-0.15, -0.1) is 0 Å². The number of carbonyl (C=O) groups excluding carboxylic acids is 1. The zero-order valence-electron chi connectivity index (χ0n) is 14.7. The minimum Gasteiger partial charge on any atom is -0.497 e. The molecule has 1 aromatic carbocycles. The van der Waals surface area contributed by atoms with Crippen molar-refractivity contribution in [3.8, 4) is 5.75 Å². The average Bonchev–Trinajstić information content (AvgIpc) is 2.58. The minimum atomic E-state index is -0.760. The number of aliphatic hydroxyl groups is 1. The van der Waals surface area contributed by atoms with Crippen LogP contribution in [0.15, 0.2) is 18.2 Å². The molecule has 1 aromatic rings. The number of ether oxygens (including phenoxy) is 1. The van der Waals surface area contributed by atoms with Crippen LogP contribution in [-0.2, 0) is 6.42 Å². The Bertz CT molecular complexity index is 600. The van der Waals surface area contributed by atoms with E-state index in [9.17, 15) is 9.90 Å². The van der Waals surface area contributed by atoms with Gasteiger partial charge in [-0.3, -0.25) is 0 Å². The van der Waals surface area contributed by atoms with Gasteiger partial charge >= 0.3 is 6.03 Å². The highest BCUT2D eigenvalue weighted by Crippen LogP contribution is 2.33. The van der Waals surface area contributed by atoms with Gasteiger partial charge in [0.1, 0.15) is 5.75 Å². The lowest BCUT2D eigenvalue weighted by atomic mass is 9.82. The molecule has 1 aliphatic carbocycles. The number of nitrogens with one attached hydrogen (secondary N) is 1. The SMILES string of the molecule is COc1ccc2c(c1)CCC[C@@H]2CNC(=O)N1CCC[C@](C)(O)C1. The molecule has 1 aliphatic heterocycles. The molecule has 5 heteroatoms. The molecule has 2 amide bonds. The molecule has 24 heavy (non-hydrogen) atoms. The summed E-state index contributed by atoms with van der Waals surface area (Å²) in [6.45, 7) is 3.59. The molecule has 5 nitrogen and oxygen atoms in total. The molecule has 0 radical (unpaired) electrons. The number of carbonyl (C=O) groups is 1. The molecule has 1 fully saturated rings. The highest BCUT2D eigenvalue weighted by Gasteiger charge is 2.31. The van der Waals surface area contributed by atoms with E-state index in [0.29, 0.717) is 19.0 Å². The maximum atomic E-state index is 12.4. The molecule has 0 unspecified atom stereocenters. The number of fused-ring (bicyclic) bond motifs is 1. The number of hydrogen-bond acceptors (Lipinski definition) is 3. The average molecular weight is 332 g/mol. The number of rotatable bonds is 3.